The van der Waals surface area contributed by atoms with E-state index in [2.05, 4.69) is 25.9 Å². The lowest BCUT2D eigenvalue weighted by Crippen LogP contribution is -1.87. The van der Waals surface area contributed by atoms with Crippen LogP contribution in [-0.2, 0) is 0 Å². The van der Waals surface area contributed by atoms with Crippen LogP contribution in [0.4, 0.5) is 0 Å². The number of hydrogen-bond donors (Lipinski definition) is 1. The molecule has 0 saturated carbocycles. The van der Waals surface area contributed by atoms with Gasteiger partial charge in [-0.2, -0.15) is 0 Å². The highest BCUT2D eigenvalue weighted by Gasteiger charge is 2.05. The van der Waals surface area contributed by atoms with E-state index in [0.717, 1.165) is 27.3 Å². The molecule has 0 aliphatic rings. The second-order valence-electron chi connectivity index (χ2n) is 3.26. The Bertz CT molecular complexity index is 479. The molecule has 78 valence electrons. The number of benzene rings is 1. The van der Waals surface area contributed by atoms with Gasteiger partial charge < -0.3 is 9.72 Å². The molecular weight excluding hydrogens is 256 g/mol. The average molecular weight is 267 g/mol. The Kier molecular flexibility index (Phi) is 2.77. The predicted molar refractivity (Wildman–Crippen MR) is 63.0 cm³/mol. The van der Waals surface area contributed by atoms with Crippen molar-refractivity contribution in [2.75, 3.05) is 7.11 Å². The zero-order chi connectivity index (χ0) is 10.8. The van der Waals surface area contributed by atoms with E-state index in [-0.39, 0.29) is 0 Å². The molecule has 0 aliphatic heterocycles. The van der Waals surface area contributed by atoms with Gasteiger partial charge in [-0.1, -0.05) is 0 Å². The summed E-state index contributed by atoms with van der Waals surface area (Å²) in [6.45, 7) is 1.98. The van der Waals surface area contributed by atoms with Gasteiger partial charge in [0.05, 0.1) is 11.6 Å². The lowest BCUT2D eigenvalue weighted by molar-refractivity contribution is 0.412. The van der Waals surface area contributed by atoms with Crippen LogP contribution in [0, 0.1) is 6.92 Å². The number of nitrogens with one attached hydrogen (secondary N) is 1. The minimum atomic E-state index is 0.807. The fourth-order valence-corrected chi connectivity index (χ4v) is 1.77. The largest absolute Gasteiger partial charge is 0.496 e. The van der Waals surface area contributed by atoms with Crippen molar-refractivity contribution < 1.29 is 4.74 Å². The summed E-state index contributed by atoms with van der Waals surface area (Å²) < 4.78 is 6.17. The lowest BCUT2D eigenvalue weighted by atomic mass is 10.2. The summed E-state index contributed by atoms with van der Waals surface area (Å²) in [7, 11) is 1.65. The highest BCUT2D eigenvalue weighted by atomic mass is 79.9. The van der Waals surface area contributed by atoms with E-state index in [9.17, 15) is 0 Å². The number of rotatable bonds is 2. The van der Waals surface area contributed by atoms with Crippen LogP contribution in [0.5, 0.6) is 5.75 Å². The Morgan fingerprint density at radius 1 is 1.40 bits per heavy atom. The molecule has 1 aromatic heterocycles. The van der Waals surface area contributed by atoms with Crippen molar-refractivity contribution in [2.45, 2.75) is 6.92 Å². The van der Waals surface area contributed by atoms with Crippen molar-refractivity contribution in [1.82, 2.24) is 9.97 Å². The first kappa shape index (κ1) is 10.2. The van der Waals surface area contributed by atoms with Gasteiger partial charge in [0, 0.05) is 17.5 Å². The van der Waals surface area contributed by atoms with Gasteiger partial charge in [-0.05, 0) is 41.1 Å². The molecular formula is C11H11BrN2O. The summed E-state index contributed by atoms with van der Waals surface area (Å²) in [6.07, 6.45) is 1.81. The third-order valence-electron chi connectivity index (χ3n) is 2.13. The molecule has 0 amide bonds. The number of aromatic amines is 1. The van der Waals surface area contributed by atoms with Crippen molar-refractivity contribution in [2.24, 2.45) is 0 Å². The molecule has 0 unspecified atom stereocenters. The number of aromatic nitrogens is 2. The quantitative estimate of drug-likeness (QED) is 0.907. The molecule has 0 spiro atoms. The topological polar surface area (TPSA) is 37.9 Å². The number of H-pyrrole nitrogens is 1. The van der Waals surface area contributed by atoms with E-state index in [1.807, 2.05) is 31.3 Å². The van der Waals surface area contributed by atoms with E-state index >= 15 is 0 Å². The highest BCUT2D eigenvalue weighted by Crippen LogP contribution is 2.29. The molecule has 4 heteroatoms. The van der Waals surface area contributed by atoms with Crippen LogP contribution >= 0.6 is 15.9 Å². The van der Waals surface area contributed by atoms with Gasteiger partial charge in [0.15, 0.2) is 0 Å². The summed E-state index contributed by atoms with van der Waals surface area (Å²) in [6, 6.07) is 5.89. The molecule has 0 saturated heterocycles. The van der Waals surface area contributed by atoms with Crippen molar-refractivity contribution in [3.8, 4) is 17.1 Å². The first-order chi connectivity index (χ1) is 7.20. The third kappa shape index (κ3) is 2.04. The van der Waals surface area contributed by atoms with Gasteiger partial charge in [-0.25, -0.2) is 4.98 Å². The SMILES string of the molecule is COc1cc(-c2ncc(C)[nH]2)ccc1Br. The van der Waals surface area contributed by atoms with E-state index in [1.54, 1.807) is 7.11 Å². The van der Waals surface area contributed by atoms with Crippen LogP contribution in [0.1, 0.15) is 5.69 Å². The average Bonchev–Trinajstić information content (AvgIpc) is 2.66. The maximum absolute atomic E-state index is 5.23. The fraction of sp³-hybridized carbons (Fsp3) is 0.182. The predicted octanol–water partition coefficient (Wildman–Crippen LogP) is 3.16. The minimum Gasteiger partial charge on any atom is -0.496 e. The Morgan fingerprint density at radius 3 is 2.80 bits per heavy atom. The highest BCUT2D eigenvalue weighted by molar-refractivity contribution is 9.10. The van der Waals surface area contributed by atoms with E-state index in [4.69, 9.17) is 4.74 Å². The second-order valence-corrected chi connectivity index (χ2v) is 4.12. The van der Waals surface area contributed by atoms with E-state index < -0.39 is 0 Å². The van der Waals surface area contributed by atoms with Gasteiger partial charge >= 0.3 is 0 Å². The van der Waals surface area contributed by atoms with Gasteiger partial charge in [0.25, 0.3) is 0 Å². The minimum absolute atomic E-state index is 0.807. The Hall–Kier alpha value is -1.29. The summed E-state index contributed by atoms with van der Waals surface area (Å²) in [4.78, 5) is 7.45. The Morgan fingerprint density at radius 2 is 2.20 bits per heavy atom. The van der Waals surface area contributed by atoms with Crippen molar-refractivity contribution >= 4 is 15.9 Å². The first-order valence-electron chi connectivity index (χ1n) is 4.56. The molecule has 2 aromatic rings. The van der Waals surface area contributed by atoms with Crippen LogP contribution in [0.15, 0.2) is 28.9 Å². The summed E-state index contributed by atoms with van der Waals surface area (Å²) in [5.74, 6) is 1.67. The van der Waals surface area contributed by atoms with Gasteiger partial charge in [0.2, 0.25) is 0 Å². The molecule has 1 heterocycles. The van der Waals surface area contributed by atoms with E-state index in [1.165, 1.54) is 0 Å². The van der Waals surface area contributed by atoms with Crippen molar-refractivity contribution in [3.05, 3.63) is 34.6 Å². The maximum atomic E-state index is 5.23. The molecule has 15 heavy (non-hydrogen) atoms. The molecule has 0 aliphatic carbocycles. The zero-order valence-electron chi connectivity index (χ0n) is 8.54. The molecule has 0 radical (unpaired) electrons. The normalized spacial score (nSPS) is 10.3. The summed E-state index contributed by atoms with van der Waals surface area (Å²) in [5, 5.41) is 0. The van der Waals surface area contributed by atoms with Crippen LogP contribution in [-0.4, -0.2) is 17.1 Å². The molecule has 2 rings (SSSR count). The Labute approximate surface area is 96.6 Å². The molecule has 0 bridgehead atoms. The van der Waals surface area contributed by atoms with Gasteiger partial charge in [-0.3, -0.25) is 0 Å². The van der Waals surface area contributed by atoms with Crippen LogP contribution in [0.3, 0.4) is 0 Å². The number of hydrogen-bond acceptors (Lipinski definition) is 2. The number of ether oxygens (including phenoxy) is 1. The molecule has 1 aromatic carbocycles. The maximum Gasteiger partial charge on any atom is 0.137 e. The first-order valence-corrected chi connectivity index (χ1v) is 5.35. The van der Waals surface area contributed by atoms with Crippen molar-refractivity contribution in [1.29, 1.82) is 0 Å². The van der Waals surface area contributed by atoms with Crippen LogP contribution in [0.2, 0.25) is 0 Å². The number of halogens is 1. The van der Waals surface area contributed by atoms with Crippen molar-refractivity contribution in [3.63, 3.8) is 0 Å². The zero-order valence-corrected chi connectivity index (χ0v) is 10.1. The Balaban J connectivity index is 2.45. The summed E-state index contributed by atoms with van der Waals surface area (Å²) in [5.41, 5.74) is 2.06. The standard InChI is InChI=1S/C11H11BrN2O/c1-7-6-13-11(14-7)8-3-4-9(12)10(5-8)15-2/h3-6H,1-2H3,(H,13,14). The number of nitrogens with zero attached hydrogens (tertiary/aromatic N) is 1. The number of methoxy groups -OCH3 is 1. The molecule has 1 N–H and O–H groups in total. The molecule has 0 atom stereocenters. The van der Waals surface area contributed by atoms with Gasteiger partial charge in [-0.15, -0.1) is 0 Å². The monoisotopic (exact) mass is 266 g/mol. The number of imidazole rings is 1. The molecule has 3 nitrogen and oxygen atoms in total. The summed E-state index contributed by atoms with van der Waals surface area (Å²) >= 11 is 3.41. The lowest BCUT2D eigenvalue weighted by Gasteiger charge is -2.04. The smallest absolute Gasteiger partial charge is 0.137 e. The second kappa shape index (κ2) is 4.06. The third-order valence-corrected chi connectivity index (χ3v) is 2.78. The van der Waals surface area contributed by atoms with Gasteiger partial charge in [0.1, 0.15) is 11.6 Å². The van der Waals surface area contributed by atoms with Crippen LogP contribution in [0.25, 0.3) is 11.4 Å². The fourth-order valence-electron chi connectivity index (χ4n) is 1.37. The van der Waals surface area contributed by atoms with Crippen LogP contribution < -0.4 is 4.74 Å². The molecule has 0 fully saturated rings. The van der Waals surface area contributed by atoms with E-state index in [0.29, 0.717) is 0 Å². The number of aryl methyl sites for hydroxylation is 1.